The van der Waals surface area contributed by atoms with Gasteiger partial charge in [0.15, 0.2) is 11.5 Å². The molecule has 5 fully saturated rings. The van der Waals surface area contributed by atoms with E-state index in [0.717, 1.165) is 23.8 Å². The van der Waals surface area contributed by atoms with Crippen molar-refractivity contribution in [3.8, 4) is 11.5 Å². The second kappa shape index (κ2) is 5.31. The molecule has 0 amide bonds. The zero-order chi connectivity index (χ0) is 19.6. The molecule has 7 aliphatic rings. The maximum Gasteiger partial charge on any atom is 0.165 e. The van der Waals surface area contributed by atoms with Gasteiger partial charge in [0, 0.05) is 36.1 Å². The molecule has 156 valence electrons. The first-order valence-electron chi connectivity index (χ1n) is 11.8. The summed E-state index contributed by atoms with van der Waals surface area (Å²) >= 11 is 0. The van der Waals surface area contributed by atoms with E-state index in [-0.39, 0.29) is 17.1 Å². The molecule has 0 N–H and O–H groups in total. The number of benzene rings is 1. The molecule has 1 aromatic rings. The summed E-state index contributed by atoms with van der Waals surface area (Å²) in [6.45, 7) is 4.96. The summed E-state index contributed by atoms with van der Waals surface area (Å²) in [5.74, 6) is 3.45. The van der Waals surface area contributed by atoms with Crippen molar-refractivity contribution in [2.45, 2.75) is 75.0 Å². The lowest BCUT2D eigenvalue weighted by atomic mass is 9.35. The molecule has 1 aromatic carbocycles. The van der Waals surface area contributed by atoms with Gasteiger partial charge < -0.3 is 14.2 Å². The average Bonchev–Trinajstić information content (AvgIpc) is 3.47. The lowest BCUT2D eigenvalue weighted by Gasteiger charge is -2.73. The van der Waals surface area contributed by atoms with Crippen LogP contribution < -0.4 is 9.47 Å². The molecular formula is C25H33NO3. The fraction of sp³-hybridized carbons (Fsp3) is 0.760. The van der Waals surface area contributed by atoms with Crippen molar-refractivity contribution >= 4 is 0 Å². The quantitative estimate of drug-likeness (QED) is 0.773. The van der Waals surface area contributed by atoms with Gasteiger partial charge in [-0.15, -0.1) is 0 Å². The predicted octanol–water partition coefficient (Wildman–Crippen LogP) is 3.94. The van der Waals surface area contributed by atoms with Gasteiger partial charge in [0.1, 0.15) is 11.7 Å². The number of piperidine rings is 1. The van der Waals surface area contributed by atoms with Crippen LogP contribution in [0.3, 0.4) is 0 Å². The number of methoxy groups -OCH3 is 2. The van der Waals surface area contributed by atoms with Gasteiger partial charge in [0.2, 0.25) is 0 Å². The molecule has 2 aliphatic heterocycles. The predicted molar refractivity (Wildman–Crippen MR) is 111 cm³/mol. The number of likely N-dealkylation sites (tertiary alicyclic amines) is 1. The van der Waals surface area contributed by atoms with Crippen LogP contribution in [0.2, 0.25) is 0 Å². The van der Waals surface area contributed by atoms with Crippen LogP contribution in [0.5, 0.6) is 11.5 Å². The Balaban J connectivity index is 1.49. The van der Waals surface area contributed by atoms with Crippen molar-refractivity contribution in [3.63, 3.8) is 0 Å². The Labute approximate surface area is 173 Å². The molecule has 4 saturated carbocycles. The van der Waals surface area contributed by atoms with Crippen LogP contribution in [0.4, 0.5) is 0 Å². The van der Waals surface area contributed by atoms with Gasteiger partial charge in [0.25, 0.3) is 0 Å². The third kappa shape index (κ3) is 1.75. The van der Waals surface area contributed by atoms with E-state index in [1.807, 2.05) is 7.11 Å². The van der Waals surface area contributed by atoms with E-state index in [1.165, 1.54) is 62.7 Å². The molecule has 29 heavy (non-hydrogen) atoms. The average molecular weight is 396 g/mol. The van der Waals surface area contributed by atoms with Crippen LogP contribution in [0.1, 0.15) is 56.6 Å². The monoisotopic (exact) mass is 395 g/mol. The first-order chi connectivity index (χ1) is 14.1. The number of hydrogen-bond acceptors (Lipinski definition) is 4. The molecule has 5 aliphatic carbocycles. The van der Waals surface area contributed by atoms with E-state index in [9.17, 15) is 0 Å². The number of fused-ring (bicyclic) bond motifs is 2. The number of ether oxygens (including phenoxy) is 3. The smallest absolute Gasteiger partial charge is 0.165 e. The minimum absolute atomic E-state index is 0.107. The van der Waals surface area contributed by atoms with Crippen LogP contribution in [-0.2, 0) is 16.6 Å². The summed E-state index contributed by atoms with van der Waals surface area (Å²) in [7, 11) is 3.71. The third-order valence-corrected chi connectivity index (χ3v) is 10.2. The van der Waals surface area contributed by atoms with Gasteiger partial charge in [-0.3, -0.25) is 4.90 Å². The molecule has 4 heteroatoms. The second-order valence-electron chi connectivity index (χ2n) is 10.9. The molecule has 0 unspecified atom stereocenters. The highest BCUT2D eigenvalue weighted by Gasteiger charge is 2.80. The highest BCUT2D eigenvalue weighted by atomic mass is 16.6. The van der Waals surface area contributed by atoms with Gasteiger partial charge in [-0.25, -0.2) is 0 Å². The van der Waals surface area contributed by atoms with E-state index in [0.29, 0.717) is 17.4 Å². The third-order valence-electron chi connectivity index (χ3n) is 10.2. The summed E-state index contributed by atoms with van der Waals surface area (Å²) in [5, 5.41) is 0. The van der Waals surface area contributed by atoms with Crippen molar-refractivity contribution in [1.29, 1.82) is 0 Å². The normalized spacial score (nSPS) is 46.4. The summed E-state index contributed by atoms with van der Waals surface area (Å²) in [6.07, 6.45) is 9.11. The zero-order valence-electron chi connectivity index (χ0n) is 18.0. The van der Waals surface area contributed by atoms with E-state index in [1.54, 1.807) is 7.11 Å². The second-order valence-corrected chi connectivity index (χ2v) is 10.9. The van der Waals surface area contributed by atoms with E-state index in [4.69, 9.17) is 14.2 Å². The molecule has 8 rings (SSSR count). The van der Waals surface area contributed by atoms with E-state index < -0.39 is 0 Å². The first kappa shape index (κ1) is 17.4. The van der Waals surface area contributed by atoms with Crippen molar-refractivity contribution in [2.24, 2.45) is 17.3 Å². The Morgan fingerprint density at radius 1 is 1.17 bits per heavy atom. The summed E-state index contributed by atoms with van der Waals surface area (Å²) in [5.41, 5.74) is 3.30. The Bertz CT molecular complexity index is 896. The molecular weight excluding hydrogens is 362 g/mol. The molecule has 0 aromatic heterocycles. The van der Waals surface area contributed by atoms with E-state index >= 15 is 0 Å². The highest BCUT2D eigenvalue weighted by molar-refractivity contribution is 5.63. The minimum atomic E-state index is -0.163. The van der Waals surface area contributed by atoms with Crippen molar-refractivity contribution < 1.29 is 14.2 Å². The first-order valence-corrected chi connectivity index (χ1v) is 11.8. The van der Waals surface area contributed by atoms with Crippen molar-refractivity contribution in [1.82, 2.24) is 4.90 Å². The number of hydrogen-bond donors (Lipinski definition) is 0. The topological polar surface area (TPSA) is 30.9 Å². The molecule has 1 saturated heterocycles. The van der Waals surface area contributed by atoms with Gasteiger partial charge in [-0.1, -0.05) is 13.0 Å². The summed E-state index contributed by atoms with van der Waals surface area (Å²) in [4.78, 5) is 2.91. The Kier molecular flexibility index (Phi) is 3.19. The van der Waals surface area contributed by atoms with Crippen molar-refractivity contribution in [2.75, 3.05) is 27.3 Å². The van der Waals surface area contributed by atoms with E-state index in [2.05, 4.69) is 24.0 Å². The maximum absolute atomic E-state index is 6.95. The molecule has 4 bridgehead atoms. The van der Waals surface area contributed by atoms with Crippen LogP contribution >= 0.6 is 0 Å². The Morgan fingerprint density at radius 3 is 2.76 bits per heavy atom. The number of rotatable bonds is 4. The van der Waals surface area contributed by atoms with Gasteiger partial charge >= 0.3 is 0 Å². The molecule has 2 spiro atoms. The Hall–Kier alpha value is -1.26. The zero-order valence-corrected chi connectivity index (χ0v) is 18.0. The fourth-order valence-corrected chi connectivity index (χ4v) is 8.92. The van der Waals surface area contributed by atoms with Crippen LogP contribution in [0.15, 0.2) is 12.1 Å². The summed E-state index contributed by atoms with van der Waals surface area (Å²) in [6, 6.07) is 5.15. The van der Waals surface area contributed by atoms with Crippen LogP contribution in [0, 0.1) is 17.3 Å². The lowest BCUT2D eigenvalue weighted by Crippen LogP contribution is -2.80. The molecule has 6 atom stereocenters. The lowest BCUT2D eigenvalue weighted by molar-refractivity contribution is -0.274. The van der Waals surface area contributed by atoms with Crippen molar-refractivity contribution in [3.05, 3.63) is 23.3 Å². The van der Waals surface area contributed by atoms with Crippen LogP contribution in [-0.4, -0.2) is 50.0 Å². The SMILES string of the molecule is COc1ccc2c3c1O[C@H]1[C@@]4(OC)CC[C@@]5(C[C@H]4C)[C@@H](C2)N(CC2CC2)CC[C@]315. The molecule has 4 nitrogen and oxygen atoms in total. The minimum Gasteiger partial charge on any atom is -0.493 e. The summed E-state index contributed by atoms with van der Waals surface area (Å²) < 4.78 is 19.2. The number of nitrogens with zero attached hydrogens (tertiary/aromatic N) is 1. The Morgan fingerprint density at radius 2 is 2.03 bits per heavy atom. The van der Waals surface area contributed by atoms with Gasteiger partial charge in [-0.2, -0.15) is 0 Å². The van der Waals surface area contributed by atoms with Crippen LogP contribution in [0.25, 0.3) is 0 Å². The fourth-order valence-electron chi connectivity index (χ4n) is 8.92. The standard InChI is InChI=1S/C25H33NO3/c1-15-13-23-8-9-25(15,28-3)22-24(23)10-11-26(14-16-4-5-16)19(23)12-17-6-7-18(27-2)21(29-22)20(17)24/h6-7,15-16,19,22H,4-5,8-14H2,1-3H3/t15-,19-,22-,23-,24+,25-/m1/s1. The largest absolute Gasteiger partial charge is 0.493 e. The van der Waals surface area contributed by atoms with Gasteiger partial charge in [0.05, 0.1) is 7.11 Å². The maximum atomic E-state index is 6.95. The highest BCUT2D eigenvalue weighted by Crippen LogP contribution is 2.76. The van der Waals surface area contributed by atoms with Gasteiger partial charge in [-0.05, 0) is 75.0 Å². The molecule has 0 radical (unpaired) electrons. The molecule has 2 heterocycles.